The lowest BCUT2D eigenvalue weighted by Gasteiger charge is -2.40. The lowest BCUT2D eigenvalue weighted by Crippen LogP contribution is -2.51. The predicted molar refractivity (Wildman–Crippen MR) is 145 cm³/mol. The Morgan fingerprint density at radius 1 is 0.784 bits per heavy atom. The molecule has 1 heterocycles. The topological polar surface area (TPSA) is 69.7 Å². The Morgan fingerprint density at radius 3 is 2.11 bits per heavy atom. The van der Waals surface area contributed by atoms with Gasteiger partial charge in [0.15, 0.2) is 0 Å². The Hall–Kier alpha value is -3.23. The second kappa shape index (κ2) is 9.58. The molecule has 4 aromatic carbocycles. The first kappa shape index (κ1) is 24.1. The van der Waals surface area contributed by atoms with Crippen LogP contribution in [-0.4, -0.2) is 50.3 Å². The average Bonchev–Trinajstić information content (AvgIpc) is 3.23. The third kappa shape index (κ3) is 4.42. The van der Waals surface area contributed by atoms with Gasteiger partial charge >= 0.3 is 0 Å². The monoisotopic (exact) mass is 531 g/mol. The summed E-state index contributed by atoms with van der Waals surface area (Å²) in [7, 11) is -3.81. The number of rotatable bonds is 5. The smallest absolute Gasteiger partial charge is 0.253 e. The summed E-state index contributed by atoms with van der Waals surface area (Å²) in [6, 6.07) is 27.1. The van der Waals surface area contributed by atoms with Gasteiger partial charge in [-0.25, -0.2) is 13.1 Å². The van der Waals surface area contributed by atoms with Crippen molar-refractivity contribution in [1.82, 2.24) is 14.5 Å². The van der Waals surface area contributed by atoms with Crippen LogP contribution >= 0.6 is 11.6 Å². The molecule has 1 amide bonds. The molecule has 0 spiro atoms. The number of amides is 1. The summed E-state index contributed by atoms with van der Waals surface area (Å²) < 4.78 is 30.0. The predicted octanol–water partition coefficient (Wildman–Crippen LogP) is 5.03. The zero-order chi connectivity index (χ0) is 25.6. The second-order valence-corrected chi connectivity index (χ2v) is 11.6. The van der Waals surface area contributed by atoms with Crippen molar-refractivity contribution < 1.29 is 13.2 Å². The third-order valence-electron chi connectivity index (χ3n) is 7.36. The summed E-state index contributed by atoms with van der Waals surface area (Å²) in [5.74, 6) is 0.0250. The highest BCUT2D eigenvalue weighted by Crippen LogP contribution is 2.47. The van der Waals surface area contributed by atoms with Gasteiger partial charge in [-0.2, -0.15) is 0 Å². The van der Waals surface area contributed by atoms with Gasteiger partial charge in [-0.3, -0.25) is 9.69 Å². The highest BCUT2D eigenvalue weighted by molar-refractivity contribution is 7.89. The number of hydrogen-bond donors (Lipinski definition) is 1. The van der Waals surface area contributed by atoms with E-state index >= 15 is 0 Å². The van der Waals surface area contributed by atoms with E-state index in [9.17, 15) is 13.2 Å². The van der Waals surface area contributed by atoms with Crippen molar-refractivity contribution in [1.29, 1.82) is 0 Å². The zero-order valence-electron chi connectivity index (χ0n) is 20.0. The van der Waals surface area contributed by atoms with E-state index in [0.717, 1.165) is 21.9 Å². The molecule has 1 saturated heterocycles. The van der Waals surface area contributed by atoms with Crippen LogP contribution in [0.15, 0.2) is 95.9 Å². The Balaban J connectivity index is 1.31. The minimum atomic E-state index is -3.81. The molecule has 0 saturated carbocycles. The minimum Gasteiger partial charge on any atom is -0.336 e. The van der Waals surface area contributed by atoms with Crippen molar-refractivity contribution in [3.05, 3.63) is 113 Å². The molecule has 2 unspecified atom stereocenters. The summed E-state index contributed by atoms with van der Waals surface area (Å²) in [6.45, 7) is 2.44. The van der Waals surface area contributed by atoms with Gasteiger partial charge in [0.25, 0.3) is 5.91 Å². The van der Waals surface area contributed by atoms with Crippen LogP contribution in [0, 0.1) is 0 Å². The number of hydrogen-bond acceptors (Lipinski definition) is 4. The first-order valence-corrected chi connectivity index (χ1v) is 14.2. The van der Waals surface area contributed by atoms with Gasteiger partial charge in [0.1, 0.15) is 0 Å². The van der Waals surface area contributed by atoms with Gasteiger partial charge in [0, 0.05) is 36.8 Å². The number of sulfonamides is 1. The van der Waals surface area contributed by atoms with E-state index in [1.54, 1.807) is 12.1 Å². The maximum absolute atomic E-state index is 13.5. The van der Waals surface area contributed by atoms with Gasteiger partial charge in [0.05, 0.1) is 17.0 Å². The highest BCUT2D eigenvalue weighted by atomic mass is 35.5. The molecule has 1 aliphatic carbocycles. The Morgan fingerprint density at radius 2 is 1.43 bits per heavy atom. The molecule has 37 heavy (non-hydrogen) atoms. The van der Waals surface area contributed by atoms with Crippen molar-refractivity contribution in [2.24, 2.45) is 0 Å². The van der Waals surface area contributed by atoms with Crippen LogP contribution in [0.25, 0.3) is 10.8 Å². The largest absolute Gasteiger partial charge is 0.336 e. The molecule has 1 fully saturated rings. The average molecular weight is 532 g/mol. The fourth-order valence-corrected chi connectivity index (χ4v) is 6.95. The van der Waals surface area contributed by atoms with Crippen molar-refractivity contribution in [2.45, 2.75) is 17.0 Å². The summed E-state index contributed by atoms with van der Waals surface area (Å²) in [6.07, 6.45) is 0. The van der Waals surface area contributed by atoms with Crippen molar-refractivity contribution in [2.75, 3.05) is 26.2 Å². The molecule has 8 heteroatoms. The van der Waals surface area contributed by atoms with Crippen LogP contribution in [0.3, 0.4) is 0 Å². The van der Waals surface area contributed by atoms with E-state index in [1.807, 2.05) is 53.4 Å². The van der Waals surface area contributed by atoms with Crippen LogP contribution in [0.2, 0.25) is 5.02 Å². The molecule has 0 bridgehead atoms. The number of piperazine rings is 1. The Kier molecular flexibility index (Phi) is 6.24. The normalized spacial score (nSPS) is 19.9. The van der Waals surface area contributed by atoms with E-state index < -0.39 is 16.1 Å². The van der Waals surface area contributed by atoms with E-state index in [1.165, 1.54) is 12.1 Å². The molecule has 1 aliphatic heterocycles. The molecule has 0 radical (unpaired) electrons. The first-order chi connectivity index (χ1) is 17.9. The third-order valence-corrected chi connectivity index (χ3v) is 9.07. The molecule has 0 aromatic heterocycles. The molecular formula is C29H26ClN3O3S. The standard InChI is InChI=1S/C29H26ClN3O3S/c30-22-12-14-23(15-13-22)37(35,36)31-27-24-10-4-8-20-9-5-11-25(26(20)24)28(27)32-16-18-33(19-17-32)29(34)21-6-2-1-3-7-21/h1-15,27-28,31H,16-19H2. The van der Waals surface area contributed by atoms with Crippen LogP contribution in [0.4, 0.5) is 0 Å². The number of carbonyl (C=O) groups is 1. The number of nitrogens with zero attached hydrogens (tertiary/aromatic N) is 2. The lowest BCUT2D eigenvalue weighted by molar-refractivity contribution is 0.0539. The SMILES string of the molecule is O=C(c1ccccc1)N1CCN(C2c3cccc4cccc(c34)C2NS(=O)(=O)c2ccc(Cl)cc2)CC1. The van der Waals surface area contributed by atoms with Crippen molar-refractivity contribution in [3.8, 4) is 0 Å². The van der Waals surface area contributed by atoms with Crippen LogP contribution in [-0.2, 0) is 10.0 Å². The molecular weight excluding hydrogens is 506 g/mol. The Bertz CT molecular complexity index is 1560. The molecule has 2 atom stereocenters. The van der Waals surface area contributed by atoms with Crippen LogP contribution in [0.5, 0.6) is 0 Å². The van der Waals surface area contributed by atoms with E-state index in [0.29, 0.717) is 36.8 Å². The summed E-state index contributed by atoms with van der Waals surface area (Å²) in [4.78, 5) is 17.4. The van der Waals surface area contributed by atoms with Gasteiger partial charge in [-0.15, -0.1) is 0 Å². The number of carbonyl (C=O) groups excluding carboxylic acids is 1. The number of halogens is 1. The van der Waals surface area contributed by atoms with E-state index in [2.05, 4.69) is 27.8 Å². The molecule has 6 rings (SSSR count). The summed E-state index contributed by atoms with van der Waals surface area (Å²) in [5.41, 5.74) is 2.76. The first-order valence-electron chi connectivity index (χ1n) is 12.3. The maximum atomic E-state index is 13.5. The molecule has 188 valence electrons. The summed E-state index contributed by atoms with van der Waals surface area (Å²) >= 11 is 5.99. The maximum Gasteiger partial charge on any atom is 0.253 e. The lowest BCUT2D eigenvalue weighted by atomic mass is 10.0. The minimum absolute atomic E-state index is 0.0250. The Labute approximate surface area is 221 Å². The van der Waals surface area contributed by atoms with Crippen LogP contribution < -0.4 is 4.72 Å². The zero-order valence-corrected chi connectivity index (χ0v) is 21.6. The summed E-state index contributed by atoms with van der Waals surface area (Å²) in [5, 5.41) is 2.67. The fourth-order valence-electron chi connectivity index (χ4n) is 5.61. The fraction of sp³-hybridized carbons (Fsp3) is 0.207. The van der Waals surface area contributed by atoms with E-state index in [-0.39, 0.29) is 16.8 Å². The van der Waals surface area contributed by atoms with Crippen LogP contribution in [0.1, 0.15) is 33.6 Å². The van der Waals surface area contributed by atoms with Gasteiger partial charge < -0.3 is 4.90 Å². The van der Waals surface area contributed by atoms with E-state index in [4.69, 9.17) is 11.6 Å². The number of benzene rings is 4. The molecule has 6 nitrogen and oxygen atoms in total. The van der Waals surface area contributed by atoms with Gasteiger partial charge in [0.2, 0.25) is 10.0 Å². The van der Waals surface area contributed by atoms with Crippen molar-refractivity contribution >= 4 is 38.3 Å². The quantitative estimate of drug-likeness (QED) is 0.392. The molecule has 4 aromatic rings. The van der Waals surface area contributed by atoms with Gasteiger partial charge in [-0.1, -0.05) is 66.2 Å². The molecule has 2 aliphatic rings. The molecule has 1 N–H and O–H groups in total. The second-order valence-electron chi connectivity index (χ2n) is 9.48. The van der Waals surface area contributed by atoms with Gasteiger partial charge in [-0.05, 0) is 58.3 Å². The highest BCUT2D eigenvalue weighted by Gasteiger charge is 2.41. The van der Waals surface area contributed by atoms with Crippen molar-refractivity contribution in [3.63, 3.8) is 0 Å². The number of nitrogens with one attached hydrogen (secondary N) is 1.